The third kappa shape index (κ3) is 3.35. The fourth-order valence-electron chi connectivity index (χ4n) is 1.62. The standard InChI is InChI=1S/C12H19N3/c1-9(6-11(3)13-4)7-12-10(2)8-15(5)14-12/h6,8,11H,4,7H2,1-3,5H3/b9-6-. The van der Waals surface area contributed by atoms with Crippen molar-refractivity contribution in [3.8, 4) is 0 Å². The van der Waals surface area contributed by atoms with E-state index in [2.05, 4.69) is 36.7 Å². The van der Waals surface area contributed by atoms with Crippen LogP contribution in [0, 0.1) is 6.92 Å². The molecule has 1 unspecified atom stereocenters. The van der Waals surface area contributed by atoms with E-state index in [0.29, 0.717) is 0 Å². The lowest BCUT2D eigenvalue weighted by molar-refractivity contribution is 0.747. The monoisotopic (exact) mass is 205 g/mol. The molecule has 0 saturated carbocycles. The second-order valence-electron chi connectivity index (χ2n) is 4.05. The number of aliphatic imine (C=N–C) groups is 1. The van der Waals surface area contributed by atoms with Gasteiger partial charge in [0.1, 0.15) is 0 Å². The molecule has 0 aliphatic carbocycles. The van der Waals surface area contributed by atoms with Crippen molar-refractivity contribution in [2.24, 2.45) is 12.0 Å². The lowest BCUT2D eigenvalue weighted by Crippen LogP contribution is -1.97. The maximum atomic E-state index is 4.41. The van der Waals surface area contributed by atoms with Crippen molar-refractivity contribution in [2.75, 3.05) is 0 Å². The molecule has 0 fully saturated rings. The fourth-order valence-corrected chi connectivity index (χ4v) is 1.62. The molecule has 0 spiro atoms. The molecule has 1 aromatic heterocycles. The van der Waals surface area contributed by atoms with Gasteiger partial charge in [-0.3, -0.25) is 9.67 Å². The number of nitrogens with zero attached hydrogens (tertiary/aromatic N) is 3. The summed E-state index contributed by atoms with van der Waals surface area (Å²) in [6.45, 7) is 9.75. The maximum Gasteiger partial charge on any atom is 0.0693 e. The second kappa shape index (κ2) is 4.91. The van der Waals surface area contributed by atoms with E-state index in [9.17, 15) is 0 Å². The van der Waals surface area contributed by atoms with Crippen LogP contribution in [0.2, 0.25) is 0 Å². The van der Waals surface area contributed by atoms with Gasteiger partial charge in [-0.05, 0) is 33.1 Å². The van der Waals surface area contributed by atoms with E-state index in [1.54, 1.807) is 0 Å². The summed E-state index contributed by atoms with van der Waals surface area (Å²) >= 11 is 0. The van der Waals surface area contributed by atoms with Crippen LogP contribution in [0.5, 0.6) is 0 Å². The summed E-state index contributed by atoms with van der Waals surface area (Å²) in [6.07, 6.45) is 5.06. The molecule has 1 atom stereocenters. The molecular weight excluding hydrogens is 186 g/mol. The number of aromatic nitrogens is 2. The van der Waals surface area contributed by atoms with Crippen molar-refractivity contribution in [2.45, 2.75) is 33.2 Å². The van der Waals surface area contributed by atoms with Crippen molar-refractivity contribution in [3.05, 3.63) is 29.1 Å². The number of hydrogen-bond acceptors (Lipinski definition) is 2. The van der Waals surface area contributed by atoms with Gasteiger partial charge < -0.3 is 0 Å². The summed E-state index contributed by atoms with van der Waals surface area (Å²) in [4.78, 5) is 3.95. The van der Waals surface area contributed by atoms with Gasteiger partial charge in [0, 0.05) is 19.7 Å². The van der Waals surface area contributed by atoms with Gasteiger partial charge in [-0.1, -0.05) is 11.6 Å². The van der Waals surface area contributed by atoms with Crippen LogP contribution in [-0.2, 0) is 13.5 Å². The third-order valence-electron chi connectivity index (χ3n) is 2.37. The molecule has 3 heteroatoms. The molecule has 0 saturated heterocycles. The van der Waals surface area contributed by atoms with Crippen LogP contribution >= 0.6 is 0 Å². The summed E-state index contributed by atoms with van der Waals surface area (Å²) in [5.41, 5.74) is 3.67. The first-order valence-electron chi connectivity index (χ1n) is 5.15. The largest absolute Gasteiger partial charge is 0.294 e. The van der Waals surface area contributed by atoms with Gasteiger partial charge in [-0.15, -0.1) is 0 Å². The highest BCUT2D eigenvalue weighted by Crippen LogP contribution is 2.11. The highest BCUT2D eigenvalue weighted by molar-refractivity contribution is 5.26. The summed E-state index contributed by atoms with van der Waals surface area (Å²) in [5, 5.41) is 4.41. The van der Waals surface area contributed by atoms with Gasteiger partial charge in [-0.2, -0.15) is 5.10 Å². The minimum atomic E-state index is 0.189. The summed E-state index contributed by atoms with van der Waals surface area (Å²) in [6, 6.07) is 0.189. The predicted molar refractivity (Wildman–Crippen MR) is 64.4 cm³/mol. The van der Waals surface area contributed by atoms with Crippen LogP contribution in [0.15, 0.2) is 22.8 Å². The van der Waals surface area contributed by atoms with E-state index in [0.717, 1.165) is 12.1 Å². The molecule has 0 amide bonds. The van der Waals surface area contributed by atoms with Crippen molar-refractivity contribution in [1.29, 1.82) is 0 Å². The minimum Gasteiger partial charge on any atom is -0.294 e. The van der Waals surface area contributed by atoms with Gasteiger partial charge >= 0.3 is 0 Å². The van der Waals surface area contributed by atoms with E-state index >= 15 is 0 Å². The van der Waals surface area contributed by atoms with Gasteiger partial charge in [0.05, 0.1) is 11.7 Å². The van der Waals surface area contributed by atoms with Crippen LogP contribution in [-0.4, -0.2) is 22.5 Å². The second-order valence-corrected chi connectivity index (χ2v) is 4.05. The van der Waals surface area contributed by atoms with E-state index < -0.39 is 0 Å². The molecule has 0 radical (unpaired) electrons. The quantitative estimate of drug-likeness (QED) is 0.548. The molecule has 1 heterocycles. The molecule has 0 bridgehead atoms. The van der Waals surface area contributed by atoms with Crippen LogP contribution in [0.3, 0.4) is 0 Å². The molecule has 1 rings (SSSR count). The first-order valence-corrected chi connectivity index (χ1v) is 5.15. The van der Waals surface area contributed by atoms with E-state index in [1.165, 1.54) is 11.1 Å². The Hall–Kier alpha value is -1.38. The summed E-state index contributed by atoms with van der Waals surface area (Å²) in [7, 11) is 1.95. The Bertz CT molecular complexity index is 374. The molecule has 1 aromatic rings. The van der Waals surface area contributed by atoms with E-state index in [1.807, 2.05) is 24.9 Å². The van der Waals surface area contributed by atoms with Crippen molar-refractivity contribution >= 4 is 6.72 Å². The Balaban J connectivity index is 2.73. The Morgan fingerprint density at radius 2 is 2.40 bits per heavy atom. The zero-order chi connectivity index (χ0) is 11.4. The zero-order valence-electron chi connectivity index (χ0n) is 9.99. The SMILES string of the molecule is C=NC(C)/C=C(/C)Cc1nn(C)cc1C. The van der Waals surface area contributed by atoms with Crippen LogP contribution in [0.1, 0.15) is 25.1 Å². The summed E-state index contributed by atoms with van der Waals surface area (Å²) in [5.74, 6) is 0. The molecule has 0 aliphatic rings. The average molecular weight is 205 g/mol. The van der Waals surface area contributed by atoms with Gasteiger partial charge in [-0.25, -0.2) is 0 Å². The van der Waals surface area contributed by atoms with Crippen molar-refractivity contribution in [1.82, 2.24) is 9.78 Å². The highest BCUT2D eigenvalue weighted by atomic mass is 15.2. The molecular formula is C12H19N3. The topological polar surface area (TPSA) is 30.2 Å². The molecule has 0 N–H and O–H groups in total. The number of rotatable bonds is 4. The Kier molecular flexibility index (Phi) is 3.83. The molecule has 0 aromatic carbocycles. The first kappa shape index (κ1) is 11.7. The van der Waals surface area contributed by atoms with E-state index in [-0.39, 0.29) is 6.04 Å². The van der Waals surface area contributed by atoms with Crippen LogP contribution < -0.4 is 0 Å². The maximum absolute atomic E-state index is 4.41. The minimum absolute atomic E-state index is 0.189. The lowest BCUT2D eigenvalue weighted by Gasteiger charge is -2.02. The normalized spacial score (nSPS) is 14.0. The average Bonchev–Trinajstić information content (AvgIpc) is 2.44. The van der Waals surface area contributed by atoms with Crippen LogP contribution in [0.25, 0.3) is 0 Å². The number of allylic oxidation sites excluding steroid dienone is 1. The number of hydrogen-bond donors (Lipinski definition) is 0. The molecule has 3 nitrogen and oxygen atoms in total. The molecule has 0 aliphatic heterocycles. The summed E-state index contributed by atoms with van der Waals surface area (Å²) < 4.78 is 1.85. The van der Waals surface area contributed by atoms with Gasteiger partial charge in [0.2, 0.25) is 0 Å². The van der Waals surface area contributed by atoms with Gasteiger partial charge in [0.25, 0.3) is 0 Å². The fraction of sp³-hybridized carbons (Fsp3) is 0.500. The lowest BCUT2D eigenvalue weighted by atomic mass is 10.1. The Morgan fingerprint density at radius 1 is 1.73 bits per heavy atom. The molecule has 15 heavy (non-hydrogen) atoms. The number of aryl methyl sites for hydroxylation is 2. The highest BCUT2D eigenvalue weighted by Gasteiger charge is 2.04. The van der Waals surface area contributed by atoms with Crippen molar-refractivity contribution in [3.63, 3.8) is 0 Å². The van der Waals surface area contributed by atoms with E-state index in [4.69, 9.17) is 0 Å². The predicted octanol–water partition coefficient (Wildman–Crippen LogP) is 2.31. The first-order chi connectivity index (χ1) is 7.02. The Morgan fingerprint density at radius 3 is 2.87 bits per heavy atom. The zero-order valence-corrected chi connectivity index (χ0v) is 9.99. The smallest absolute Gasteiger partial charge is 0.0693 e. The third-order valence-corrected chi connectivity index (χ3v) is 2.37. The Labute approximate surface area is 91.5 Å². The van der Waals surface area contributed by atoms with Crippen LogP contribution in [0.4, 0.5) is 0 Å². The molecule has 82 valence electrons. The van der Waals surface area contributed by atoms with Crippen molar-refractivity contribution < 1.29 is 0 Å². The van der Waals surface area contributed by atoms with Gasteiger partial charge in [0.15, 0.2) is 0 Å².